The Bertz CT molecular complexity index is 558. The quantitative estimate of drug-likeness (QED) is 0.915. The molecule has 0 saturated carbocycles. The summed E-state index contributed by atoms with van der Waals surface area (Å²) < 4.78 is 18.5. The highest BCUT2D eigenvalue weighted by atomic mass is 35.5. The molecule has 1 N–H and O–H groups in total. The Balaban J connectivity index is 2.03. The number of aliphatic hydroxyl groups is 1. The molecule has 0 radical (unpaired) electrons. The van der Waals surface area contributed by atoms with Crippen molar-refractivity contribution in [1.29, 1.82) is 0 Å². The lowest BCUT2D eigenvalue weighted by Crippen LogP contribution is -2.10. The van der Waals surface area contributed by atoms with Gasteiger partial charge >= 0.3 is 0 Å². The van der Waals surface area contributed by atoms with Gasteiger partial charge in [-0.3, -0.25) is 0 Å². The highest BCUT2D eigenvalue weighted by Gasteiger charge is 2.13. The molecule has 0 aliphatic rings. The summed E-state index contributed by atoms with van der Waals surface area (Å²) in [6.07, 6.45) is -1.00. The van der Waals surface area contributed by atoms with Crippen LogP contribution in [0.25, 0.3) is 0 Å². The van der Waals surface area contributed by atoms with Crippen LogP contribution in [0.15, 0.2) is 42.5 Å². The van der Waals surface area contributed by atoms with Crippen molar-refractivity contribution >= 4 is 23.2 Å². The van der Waals surface area contributed by atoms with Gasteiger partial charge in [-0.25, -0.2) is 4.39 Å². The first-order chi connectivity index (χ1) is 9.06. The monoisotopic (exact) mass is 300 g/mol. The van der Waals surface area contributed by atoms with Gasteiger partial charge in [0.05, 0.1) is 0 Å². The zero-order valence-electron chi connectivity index (χ0n) is 9.82. The normalized spacial score (nSPS) is 12.2. The summed E-state index contributed by atoms with van der Waals surface area (Å²) in [6.45, 7) is -0.0230. The standard InChI is InChI=1S/C14H11Cl2FO2/c15-9-1-4-11(5-2-9)19-8-14(18)12-7-10(17)3-6-13(12)16/h1-7,14,18H,8H2. The van der Waals surface area contributed by atoms with E-state index in [9.17, 15) is 9.50 Å². The van der Waals surface area contributed by atoms with Crippen molar-refractivity contribution in [3.05, 3.63) is 63.9 Å². The second kappa shape index (κ2) is 6.24. The van der Waals surface area contributed by atoms with E-state index in [4.69, 9.17) is 27.9 Å². The smallest absolute Gasteiger partial charge is 0.123 e. The van der Waals surface area contributed by atoms with Gasteiger partial charge in [0.15, 0.2) is 0 Å². The van der Waals surface area contributed by atoms with Crippen LogP contribution in [0.4, 0.5) is 4.39 Å². The fraction of sp³-hybridized carbons (Fsp3) is 0.143. The van der Waals surface area contributed by atoms with E-state index in [-0.39, 0.29) is 6.61 Å². The highest BCUT2D eigenvalue weighted by molar-refractivity contribution is 6.31. The Hall–Kier alpha value is -1.29. The summed E-state index contributed by atoms with van der Waals surface area (Å²) >= 11 is 11.6. The maximum atomic E-state index is 13.1. The average Bonchev–Trinajstić information content (AvgIpc) is 2.40. The topological polar surface area (TPSA) is 29.5 Å². The molecule has 1 atom stereocenters. The summed E-state index contributed by atoms with van der Waals surface area (Å²) in [5.74, 6) is 0.112. The molecule has 0 amide bonds. The summed E-state index contributed by atoms with van der Waals surface area (Å²) in [5, 5.41) is 10.8. The number of hydrogen-bond acceptors (Lipinski definition) is 2. The Kier molecular flexibility index (Phi) is 4.64. The van der Waals surface area contributed by atoms with Gasteiger partial charge in [0, 0.05) is 15.6 Å². The Labute approximate surface area is 120 Å². The minimum Gasteiger partial charge on any atom is -0.491 e. The number of rotatable bonds is 4. The number of hydrogen-bond donors (Lipinski definition) is 1. The van der Waals surface area contributed by atoms with E-state index < -0.39 is 11.9 Å². The van der Waals surface area contributed by atoms with Crippen molar-refractivity contribution in [2.24, 2.45) is 0 Å². The van der Waals surface area contributed by atoms with Crippen molar-refractivity contribution in [3.8, 4) is 5.75 Å². The van der Waals surface area contributed by atoms with Gasteiger partial charge in [0.25, 0.3) is 0 Å². The van der Waals surface area contributed by atoms with Crippen molar-refractivity contribution < 1.29 is 14.2 Å². The lowest BCUT2D eigenvalue weighted by Gasteiger charge is -2.14. The molecular weight excluding hydrogens is 290 g/mol. The fourth-order valence-electron chi connectivity index (χ4n) is 1.57. The van der Waals surface area contributed by atoms with Crippen LogP contribution in [0.5, 0.6) is 5.75 Å². The van der Waals surface area contributed by atoms with E-state index in [0.717, 1.165) is 0 Å². The zero-order valence-corrected chi connectivity index (χ0v) is 11.3. The molecule has 2 rings (SSSR count). The third kappa shape index (κ3) is 3.83. The number of halogens is 3. The Morgan fingerprint density at radius 1 is 1.11 bits per heavy atom. The molecule has 0 saturated heterocycles. The second-order valence-corrected chi connectivity index (χ2v) is 4.79. The number of ether oxygens (including phenoxy) is 1. The molecule has 0 fully saturated rings. The molecule has 0 aliphatic carbocycles. The van der Waals surface area contributed by atoms with Crippen LogP contribution in [-0.2, 0) is 0 Å². The SMILES string of the molecule is OC(COc1ccc(Cl)cc1)c1cc(F)ccc1Cl. The van der Waals surface area contributed by atoms with Gasteiger partial charge in [0.1, 0.15) is 24.3 Å². The first-order valence-corrected chi connectivity index (χ1v) is 6.33. The number of aliphatic hydroxyl groups excluding tert-OH is 1. The van der Waals surface area contributed by atoms with Crippen LogP contribution in [0.2, 0.25) is 10.0 Å². The average molecular weight is 301 g/mol. The minimum absolute atomic E-state index is 0.0230. The van der Waals surface area contributed by atoms with Crippen LogP contribution in [0.3, 0.4) is 0 Å². The lowest BCUT2D eigenvalue weighted by molar-refractivity contribution is 0.108. The third-order valence-electron chi connectivity index (χ3n) is 2.54. The number of benzene rings is 2. The van der Waals surface area contributed by atoms with Crippen molar-refractivity contribution in [1.82, 2.24) is 0 Å². The summed E-state index contributed by atoms with van der Waals surface area (Å²) in [7, 11) is 0. The predicted octanol–water partition coefficient (Wildman–Crippen LogP) is 4.24. The van der Waals surface area contributed by atoms with Gasteiger partial charge < -0.3 is 9.84 Å². The van der Waals surface area contributed by atoms with Crippen LogP contribution in [0, 0.1) is 5.82 Å². The summed E-state index contributed by atoms with van der Waals surface area (Å²) in [5.41, 5.74) is 0.302. The molecule has 1 unspecified atom stereocenters. The molecule has 0 spiro atoms. The van der Waals surface area contributed by atoms with Crippen molar-refractivity contribution in [2.75, 3.05) is 6.61 Å². The predicted molar refractivity (Wildman–Crippen MR) is 73.3 cm³/mol. The van der Waals surface area contributed by atoms with Crippen molar-refractivity contribution in [2.45, 2.75) is 6.10 Å². The maximum Gasteiger partial charge on any atom is 0.123 e. The van der Waals surface area contributed by atoms with E-state index in [1.807, 2.05) is 0 Å². The summed E-state index contributed by atoms with van der Waals surface area (Å²) in [6, 6.07) is 10.6. The largest absolute Gasteiger partial charge is 0.491 e. The molecule has 2 aromatic rings. The lowest BCUT2D eigenvalue weighted by atomic mass is 10.1. The van der Waals surface area contributed by atoms with Crippen LogP contribution >= 0.6 is 23.2 Å². The molecule has 2 nitrogen and oxygen atoms in total. The molecule has 0 aromatic heterocycles. The van der Waals surface area contributed by atoms with E-state index in [1.54, 1.807) is 24.3 Å². The van der Waals surface area contributed by atoms with Gasteiger partial charge in [-0.2, -0.15) is 0 Å². The zero-order chi connectivity index (χ0) is 13.8. The van der Waals surface area contributed by atoms with Crippen LogP contribution in [0.1, 0.15) is 11.7 Å². The van der Waals surface area contributed by atoms with Crippen LogP contribution < -0.4 is 4.74 Å². The van der Waals surface area contributed by atoms with Gasteiger partial charge in [-0.05, 0) is 42.5 Å². The fourth-order valence-corrected chi connectivity index (χ4v) is 1.94. The molecule has 0 bridgehead atoms. The second-order valence-electron chi connectivity index (χ2n) is 3.95. The Morgan fingerprint density at radius 2 is 1.79 bits per heavy atom. The van der Waals surface area contributed by atoms with Gasteiger partial charge in [0.2, 0.25) is 0 Å². The highest BCUT2D eigenvalue weighted by Crippen LogP contribution is 2.25. The molecule has 0 aliphatic heterocycles. The molecule has 5 heteroatoms. The molecule has 2 aromatic carbocycles. The first kappa shape index (κ1) is 14.1. The summed E-state index contributed by atoms with van der Waals surface area (Å²) in [4.78, 5) is 0. The Morgan fingerprint density at radius 3 is 2.47 bits per heavy atom. The van der Waals surface area contributed by atoms with Crippen LogP contribution in [-0.4, -0.2) is 11.7 Å². The molecular formula is C14H11Cl2FO2. The third-order valence-corrected chi connectivity index (χ3v) is 3.13. The minimum atomic E-state index is -1.00. The van der Waals surface area contributed by atoms with Crippen molar-refractivity contribution in [3.63, 3.8) is 0 Å². The molecule has 100 valence electrons. The van der Waals surface area contributed by atoms with Gasteiger partial charge in [-0.1, -0.05) is 23.2 Å². The maximum absolute atomic E-state index is 13.1. The van der Waals surface area contributed by atoms with Gasteiger partial charge in [-0.15, -0.1) is 0 Å². The molecule has 19 heavy (non-hydrogen) atoms. The first-order valence-electron chi connectivity index (χ1n) is 5.57. The molecule has 0 heterocycles. The van der Waals surface area contributed by atoms with E-state index in [0.29, 0.717) is 21.4 Å². The van der Waals surface area contributed by atoms with E-state index >= 15 is 0 Å². The van der Waals surface area contributed by atoms with E-state index in [2.05, 4.69) is 0 Å². The van der Waals surface area contributed by atoms with E-state index in [1.165, 1.54) is 18.2 Å².